The molecule has 0 unspecified atom stereocenters. The Balaban J connectivity index is 1.74. The zero-order valence-corrected chi connectivity index (χ0v) is 13.2. The summed E-state index contributed by atoms with van der Waals surface area (Å²) in [6.07, 6.45) is 0.453. The van der Waals surface area contributed by atoms with Crippen LogP contribution in [0.4, 0.5) is 0 Å². The van der Waals surface area contributed by atoms with E-state index in [9.17, 15) is 9.59 Å². The van der Waals surface area contributed by atoms with Gasteiger partial charge in [0.15, 0.2) is 0 Å². The molecule has 4 nitrogen and oxygen atoms in total. The Hall–Kier alpha value is -2.62. The van der Waals surface area contributed by atoms with Crippen LogP contribution in [0.5, 0.6) is 5.75 Å². The van der Waals surface area contributed by atoms with Gasteiger partial charge in [-0.15, -0.1) is 0 Å². The Morgan fingerprint density at radius 3 is 2.26 bits per heavy atom. The van der Waals surface area contributed by atoms with Gasteiger partial charge in [-0.05, 0) is 30.2 Å². The van der Waals surface area contributed by atoms with Crippen molar-refractivity contribution in [2.45, 2.75) is 26.4 Å². The lowest BCUT2D eigenvalue weighted by atomic mass is 10.1. The van der Waals surface area contributed by atoms with Gasteiger partial charge in [0.05, 0.1) is 6.61 Å². The fourth-order valence-corrected chi connectivity index (χ4v) is 2.03. The van der Waals surface area contributed by atoms with Crippen molar-refractivity contribution in [2.75, 3.05) is 6.61 Å². The number of ether oxygens (including phenoxy) is 2. The van der Waals surface area contributed by atoms with E-state index in [1.54, 1.807) is 0 Å². The summed E-state index contributed by atoms with van der Waals surface area (Å²) in [5.41, 5.74) is 2.17. The van der Waals surface area contributed by atoms with Crippen LogP contribution in [0, 0.1) is 0 Å². The average molecular weight is 312 g/mol. The summed E-state index contributed by atoms with van der Waals surface area (Å²) in [5, 5.41) is 0. The minimum Gasteiger partial charge on any atom is -0.489 e. The number of benzene rings is 2. The maximum Gasteiger partial charge on any atom is 0.313 e. The first-order valence-electron chi connectivity index (χ1n) is 7.54. The van der Waals surface area contributed by atoms with E-state index in [2.05, 4.69) is 0 Å². The molecule has 0 amide bonds. The number of ketones is 1. The van der Waals surface area contributed by atoms with Gasteiger partial charge >= 0.3 is 5.97 Å². The van der Waals surface area contributed by atoms with Crippen LogP contribution in [0.3, 0.4) is 0 Å². The molecule has 0 bridgehead atoms. The van der Waals surface area contributed by atoms with E-state index in [1.807, 2.05) is 54.6 Å². The normalized spacial score (nSPS) is 10.1. The van der Waals surface area contributed by atoms with Gasteiger partial charge < -0.3 is 9.47 Å². The molecule has 0 aliphatic rings. The first kappa shape index (κ1) is 16.7. The molecule has 2 rings (SSSR count). The van der Waals surface area contributed by atoms with E-state index in [1.165, 1.54) is 6.92 Å². The monoisotopic (exact) mass is 312 g/mol. The van der Waals surface area contributed by atoms with Gasteiger partial charge in [-0.25, -0.2) is 0 Å². The lowest BCUT2D eigenvalue weighted by molar-refractivity contribution is -0.145. The molecule has 0 N–H and O–H groups in total. The third kappa shape index (κ3) is 6.34. The molecule has 0 heterocycles. The third-order valence-electron chi connectivity index (χ3n) is 3.22. The van der Waals surface area contributed by atoms with Gasteiger partial charge in [0.25, 0.3) is 0 Å². The van der Waals surface area contributed by atoms with Crippen molar-refractivity contribution in [3.63, 3.8) is 0 Å². The molecule has 23 heavy (non-hydrogen) atoms. The third-order valence-corrected chi connectivity index (χ3v) is 3.22. The Bertz CT molecular complexity index is 632. The van der Waals surface area contributed by atoms with Crippen LogP contribution in [-0.2, 0) is 27.4 Å². The molecule has 0 aromatic heterocycles. The minimum absolute atomic E-state index is 0.160. The molecular formula is C19H20O4. The maximum absolute atomic E-state index is 11.3. The SMILES string of the molecule is CC(=O)CC(=O)OCCc1ccc(OCc2ccccc2)cc1. The molecule has 0 aliphatic carbocycles. The second-order valence-electron chi connectivity index (χ2n) is 5.27. The van der Waals surface area contributed by atoms with Gasteiger partial charge in [-0.2, -0.15) is 0 Å². The summed E-state index contributed by atoms with van der Waals surface area (Å²) in [6.45, 7) is 2.18. The van der Waals surface area contributed by atoms with Gasteiger partial charge in [-0.3, -0.25) is 9.59 Å². The standard InChI is InChI=1S/C19H20O4/c1-15(20)13-19(21)22-12-11-16-7-9-18(10-8-16)23-14-17-5-3-2-4-6-17/h2-10H,11-14H2,1H3. The number of rotatable bonds is 8. The van der Waals surface area contributed by atoms with Crippen molar-refractivity contribution in [1.82, 2.24) is 0 Å². The number of carbonyl (C=O) groups excluding carboxylic acids is 2. The lowest BCUT2D eigenvalue weighted by Gasteiger charge is -2.08. The summed E-state index contributed by atoms with van der Waals surface area (Å²) in [7, 11) is 0. The molecule has 0 saturated heterocycles. The Labute approximate surface area is 136 Å². The fourth-order valence-electron chi connectivity index (χ4n) is 2.03. The summed E-state index contributed by atoms with van der Waals surface area (Å²) in [6, 6.07) is 17.7. The molecular weight excluding hydrogens is 292 g/mol. The van der Waals surface area contributed by atoms with Crippen molar-refractivity contribution < 1.29 is 19.1 Å². The second kappa shape index (κ2) is 8.73. The summed E-state index contributed by atoms with van der Waals surface area (Å²) < 4.78 is 10.7. The van der Waals surface area contributed by atoms with Gasteiger partial charge in [-0.1, -0.05) is 42.5 Å². The number of hydrogen-bond acceptors (Lipinski definition) is 4. The molecule has 0 saturated carbocycles. The van der Waals surface area contributed by atoms with Crippen LogP contribution in [0.2, 0.25) is 0 Å². The highest BCUT2D eigenvalue weighted by atomic mass is 16.5. The van der Waals surface area contributed by atoms with Crippen molar-refractivity contribution in [1.29, 1.82) is 0 Å². The molecule has 2 aromatic carbocycles. The van der Waals surface area contributed by atoms with Gasteiger partial charge in [0, 0.05) is 6.42 Å². The van der Waals surface area contributed by atoms with Crippen molar-refractivity contribution in [2.24, 2.45) is 0 Å². The zero-order chi connectivity index (χ0) is 16.5. The Kier molecular flexibility index (Phi) is 6.36. The van der Waals surface area contributed by atoms with Crippen LogP contribution >= 0.6 is 0 Å². The molecule has 0 fully saturated rings. The van der Waals surface area contributed by atoms with Gasteiger partial charge in [0.2, 0.25) is 0 Å². The first-order valence-corrected chi connectivity index (χ1v) is 7.54. The Morgan fingerprint density at radius 1 is 0.913 bits per heavy atom. The maximum atomic E-state index is 11.3. The topological polar surface area (TPSA) is 52.6 Å². The number of Topliss-reactive ketones (excluding diaryl/α,β-unsaturated/α-hetero) is 1. The van der Waals surface area contributed by atoms with Crippen molar-refractivity contribution in [3.05, 3.63) is 65.7 Å². The van der Waals surface area contributed by atoms with Crippen LogP contribution in [0.25, 0.3) is 0 Å². The smallest absolute Gasteiger partial charge is 0.313 e. The highest BCUT2D eigenvalue weighted by Gasteiger charge is 2.06. The highest BCUT2D eigenvalue weighted by Crippen LogP contribution is 2.14. The van der Waals surface area contributed by atoms with E-state index in [4.69, 9.17) is 9.47 Å². The predicted molar refractivity (Wildman–Crippen MR) is 87.2 cm³/mol. The number of hydrogen-bond donors (Lipinski definition) is 0. The molecule has 0 spiro atoms. The average Bonchev–Trinajstić information content (AvgIpc) is 2.54. The minimum atomic E-state index is -0.472. The van der Waals surface area contributed by atoms with Crippen molar-refractivity contribution in [3.8, 4) is 5.75 Å². The fraction of sp³-hybridized carbons (Fsp3) is 0.263. The van der Waals surface area contributed by atoms with Crippen LogP contribution in [0.15, 0.2) is 54.6 Å². The quantitative estimate of drug-likeness (QED) is 0.554. The molecule has 4 heteroatoms. The highest BCUT2D eigenvalue weighted by molar-refractivity contribution is 5.94. The Morgan fingerprint density at radius 2 is 1.61 bits per heavy atom. The molecule has 0 aliphatic heterocycles. The van der Waals surface area contributed by atoms with Gasteiger partial charge in [0.1, 0.15) is 24.6 Å². The largest absolute Gasteiger partial charge is 0.489 e. The molecule has 120 valence electrons. The molecule has 0 radical (unpaired) electrons. The van der Waals surface area contributed by atoms with E-state index in [0.29, 0.717) is 13.0 Å². The van der Waals surface area contributed by atoms with E-state index >= 15 is 0 Å². The van der Waals surface area contributed by atoms with E-state index in [0.717, 1.165) is 16.9 Å². The van der Waals surface area contributed by atoms with E-state index < -0.39 is 5.97 Å². The van der Waals surface area contributed by atoms with Crippen LogP contribution in [-0.4, -0.2) is 18.4 Å². The molecule has 2 aromatic rings. The first-order chi connectivity index (χ1) is 11.1. The number of carbonyl (C=O) groups is 2. The van der Waals surface area contributed by atoms with E-state index in [-0.39, 0.29) is 18.8 Å². The predicted octanol–water partition coefficient (Wildman–Crippen LogP) is 3.33. The molecule has 0 atom stereocenters. The zero-order valence-electron chi connectivity index (χ0n) is 13.2. The van der Waals surface area contributed by atoms with Crippen LogP contribution in [0.1, 0.15) is 24.5 Å². The second-order valence-corrected chi connectivity index (χ2v) is 5.27. The summed E-state index contributed by atoms with van der Waals surface area (Å²) in [4.78, 5) is 22.0. The summed E-state index contributed by atoms with van der Waals surface area (Å²) in [5.74, 6) is 0.140. The lowest BCUT2D eigenvalue weighted by Crippen LogP contribution is -2.11. The van der Waals surface area contributed by atoms with Crippen LogP contribution < -0.4 is 4.74 Å². The summed E-state index contributed by atoms with van der Waals surface area (Å²) >= 11 is 0. The van der Waals surface area contributed by atoms with Crippen molar-refractivity contribution >= 4 is 11.8 Å². The number of esters is 1.